The lowest BCUT2D eigenvalue weighted by atomic mass is 10.2. The van der Waals surface area contributed by atoms with Gasteiger partial charge in [-0.1, -0.05) is 17.7 Å². The van der Waals surface area contributed by atoms with Gasteiger partial charge in [-0.05, 0) is 50.4 Å². The number of aryl methyl sites for hydroxylation is 1. The van der Waals surface area contributed by atoms with Crippen LogP contribution >= 0.6 is 12.4 Å². The highest BCUT2D eigenvalue weighted by Crippen LogP contribution is 2.17. The van der Waals surface area contributed by atoms with Crippen LogP contribution in [-0.4, -0.2) is 46.4 Å². The monoisotopic (exact) mass is 397 g/mol. The van der Waals surface area contributed by atoms with Crippen molar-refractivity contribution >= 4 is 34.0 Å². The number of amides is 1. The Morgan fingerprint density at radius 1 is 1.04 bits per heavy atom. The summed E-state index contributed by atoms with van der Waals surface area (Å²) in [5, 5.41) is 2.98. The standard InChI is InChI=1S/C18H23N3O3S.ClH/c1-14-4-8-16(9-5-14)20-25(23,24)17-10-6-15(7-11-17)18(22)21(3)13-12-19-2;/h4-11,19-20H,12-13H2,1-3H3;1H. The maximum atomic E-state index is 12.4. The topological polar surface area (TPSA) is 78.5 Å². The third kappa shape index (κ3) is 5.72. The zero-order valence-electron chi connectivity index (χ0n) is 15.0. The molecule has 0 aromatic heterocycles. The van der Waals surface area contributed by atoms with E-state index in [1.807, 2.05) is 26.1 Å². The van der Waals surface area contributed by atoms with Crippen LogP contribution in [0.5, 0.6) is 0 Å². The van der Waals surface area contributed by atoms with Gasteiger partial charge in [-0.2, -0.15) is 0 Å². The van der Waals surface area contributed by atoms with Gasteiger partial charge in [0, 0.05) is 31.4 Å². The number of nitrogens with zero attached hydrogens (tertiary/aromatic N) is 1. The minimum absolute atomic E-state index is 0. The molecule has 0 heterocycles. The molecule has 142 valence electrons. The number of carbonyl (C=O) groups is 1. The first-order chi connectivity index (χ1) is 11.8. The number of benzene rings is 2. The van der Waals surface area contributed by atoms with Crippen molar-refractivity contribution in [3.8, 4) is 0 Å². The number of nitrogens with one attached hydrogen (secondary N) is 2. The molecule has 8 heteroatoms. The second-order valence-electron chi connectivity index (χ2n) is 5.83. The Morgan fingerprint density at radius 3 is 2.15 bits per heavy atom. The smallest absolute Gasteiger partial charge is 0.261 e. The highest BCUT2D eigenvalue weighted by atomic mass is 35.5. The zero-order valence-corrected chi connectivity index (χ0v) is 16.7. The Morgan fingerprint density at radius 2 is 1.62 bits per heavy atom. The first kappa shape index (κ1) is 22.0. The second-order valence-corrected chi connectivity index (χ2v) is 7.51. The Bertz CT molecular complexity index is 822. The molecule has 0 aliphatic carbocycles. The lowest BCUT2D eigenvalue weighted by molar-refractivity contribution is 0.0796. The van der Waals surface area contributed by atoms with Crippen LogP contribution in [0.4, 0.5) is 5.69 Å². The summed E-state index contributed by atoms with van der Waals surface area (Å²) in [5.74, 6) is -0.148. The molecule has 0 atom stereocenters. The highest BCUT2D eigenvalue weighted by Gasteiger charge is 2.16. The molecule has 0 saturated heterocycles. The van der Waals surface area contributed by atoms with Crippen LogP contribution in [0.25, 0.3) is 0 Å². The third-order valence-electron chi connectivity index (χ3n) is 3.76. The predicted octanol–water partition coefficient (Wildman–Crippen LogP) is 2.51. The fourth-order valence-electron chi connectivity index (χ4n) is 2.21. The minimum atomic E-state index is -3.69. The third-order valence-corrected chi connectivity index (χ3v) is 5.16. The average Bonchev–Trinajstić information content (AvgIpc) is 2.61. The summed E-state index contributed by atoms with van der Waals surface area (Å²) in [7, 11) is -0.158. The number of sulfonamides is 1. The van der Waals surface area contributed by atoms with Gasteiger partial charge in [-0.15, -0.1) is 12.4 Å². The molecule has 0 aliphatic heterocycles. The molecule has 0 unspecified atom stereocenters. The summed E-state index contributed by atoms with van der Waals surface area (Å²) in [6.45, 7) is 3.20. The lowest BCUT2D eigenvalue weighted by Gasteiger charge is -2.17. The molecule has 2 rings (SSSR count). The van der Waals surface area contributed by atoms with Gasteiger partial charge in [-0.3, -0.25) is 9.52 Å². The average molecular weight is 398 g/mol. The summed E-state index contributed by atoms with van der Waals surface area (Å²) >= 11 is 0. The van der Waals surface area contributed by atoms with E-state index in [4.69, 9.17) is 0 Å². The molecule has 0 saturated carbocycles. The normalized spacial score (nSPS) is 10.7. The fourth-order valence-corrected chi connectivity index (χ4v) is 3.27. The van der Waals surface area contributed by atoms with Crippen molar-refractivity contribution in [2.45, 2.75) is 11.8 Å². The molecule has 26 heavy (non-hydrogen) atoms. The van der Waals surface area contributed by atoms with Gasteiger partial charge in [0.25, 0.3) is 15.9 Å². The van der Waals surface area contributed by atoms with Crippen molar-refractivity contribution in [1.82, 2.24) is 10.2 Å². The number of rotatable bonds is 7. The van der Waals surface area contributed by atoms with Crippen LogP contribution in [-0.2, 0) is 10.0 Å². The van der Waals surface area contributed by atoms with Crippen molar-refractivity contribution in [3.63, 3.8) is 0 Å². The molecule has 0 spiro atoms. The molecule has 2 aromatic rings. The number of hydrogen-bond donors (Lipinski definition) is 2. The number of halogens is 1. The van der Waals surface area contributed by atoms with Crippen molar-refractivity contribution < 1.29 is 13.2 Å². The van der Waals surface area contributed by atoms with E-state index in [2.05, 4.69) is 10.0 Å². The maximum Gasteiger partial charge on any atom is 0.261 e. The summed E-state index contributed by atoms with van der Waals surface area (Å²) in [5.41, 5.74) is 2.00. The van der Waals surface area contributed by atoms with E-state index < -0.39 is 10.0 Å². The Kier molecular flexibility index (Phi) is 8.08. The van der Waals surface area contributed by atoms with Gasteiger partial charge in [0.1, 0.15) is 0 Å². The second kappa shape index (κ2) is 9.56. The van der Waals surface area contributed by atoms with Crippen molar-refractivity contribution in [1.29, 1.82) is 0 Å². The molecule has 2 aromatic carbocycles. The van der Waals surface area contributed by atoms with Gasteiger partial charge in [-0.25, -0.2) is 8.42 Å². The number of anilines is 1. The van der Waals surface area contributed by atoms with Gasteiger partial charge in [0.2, 0.25) is 0 Å². The first-order valence-electron chi connectivity index (χ1n) is 7.93. The van der Waals surface area contributed by atoms with Crippen LogP contribution in [0.3, 0.4) is 0 Å². The Hall–Kier alpha value is -2.09. The van der Waals surface area contributed by atoms with Crippen molar-refractivity contribution in [3.05, 3.63) is 59.7 Å². The lowest BCUT2D eigenvalue weighted by Crippen LogP contribution is -2.32. The Labute approximate surface area is 161 Å². The van der Waals surface area contributed by atoms with E-state index in [1.54, 1.807) is 24.1 Å². The van der Waals surface area contributed by atoms with Crippen molar-refractivity contribution in [2.75, 3.05) is 31.9 Å². The molecule has 6 nitrogen and oxygen atoms in total. The molecule has 1 amide bonds. The van der Waals surface area contributed by atoms with Crippen LogP contribution in [0.1, 0.15) is 15.9 Å². The minimum Gasteiger partial charge on any atom is -0.340 e. The molecule has 0 fully saturated rings. The number of hydrogen-bond acceptors (Lipinski definition) is 4. The first-order valence-corrected chi connectivity index (χ1v) is 9.41. The maximum absolute atomic E-state index is 12.4. The van der Waals surface area contributed by atoms with Gasteiger partial charge < -0.3 is 10.2 Å². The summed E-state index contributed by atoms with van der Waals surface area (Å²) in [6.07, 6.45) is 0. The quantitative estimate of drug-likeness (QED) is 0.752. The number of carbonyl (C=O) groups excluding carboxylic acids is 1. The van der Waals surface area contributed by atoms with E-state index in [0.29, 0.717) is 24.3 Å². The summed E-state index contributed by atoms with van der Waals surface area (Å²) < 4.78 is 27.4. The Balaban J connectivity index is 0.00000338. The van der Waals surface area contributed by atoms with Crippen molar-refractivity contribution in [2.24, 2.45) is 0 Å². The molecule has 2 N–H and O–H groups in total. The van der Waals surface area contributed by atoms with Gasteiger partial charge in [0.15, 0.2) is 0 Å². The van der Waals surface area contributed by atoms with Crippen LogP contribution in [0.2, 0.25) is 0 Å². The van der Waals surface area contributed by atoms with E-state index >= 15 is 0 Å². The summed E-state index contributed by atoms with van der Waals surface area (Å²) in [6, 6.07) is 13.0. The predicted molar refractivity (Wildman–Crippen MR) is 107 cm³/mol. The van der Waals surface area contributed by atoms with Crippen LogP contribution in [0.15, 0.2) is 53.4 Å². The van der Waals surface area contributed by atoms with E-state index in [1.165, 1.54) is 24.3 Å². The van der Waals surface area contributed by atoms with Crippen LogP contribution < -0.4 is 10.0 Å². The summed E-state index contributed by atoms with van der Waals surface area (Å²) in [4.78, 5) is 14.0. The van der Waals surface area contributed by atoms with E-state index in [-0.39, 0.29) is 23.2 Å². The number of likely N-dealkylation sites (N-methyl/N-ethyl adjacent to an activating group) is 2. The fraction of sp³-hybridized carbons (Fsp3) is 0.278. The molecule has 0 radical (unpaired) electrons. The van der Waals surface area contributed by atoms with E-state index in [0.717, 1.165) is 5.56 Å². The molecular weight excluding hydrogens is 374 g/mol. The zero-order chi connectivity index (χ0) is 18.4. The molecular formula is C18H24ClN3O3S. The highest BCUT2D eigenvalue weighted by molar-refractivity contribution is 7.92. The van der Waals surface area contributed by atoms with Gasteiger partial charge in [0.05, 0.1) is 4.90 Å². The van der Waals surface area contributed by atoms with E-state index in [9.17, 15) is 13.2 Å². The molecule has 0 bridgehead atoms. The SMILES string of the molecule is CNCCN(C)C(=O)c1ccc(S(=O)(=O)Nc2ccc(C)cc2)cc1.Cl. The van der Waals surface area contributed by atoms with Crippen LogP contribution in [0, 0.1) is 6.92 Å². The largest absolute Gasteiger partial charge is 0.340 e. The van der Waals surface area contributed by atoms with Gasteiger partial charge >= 0.3 is 0 Å². The molecule has 0 aliphatic rings.